The van der Waals surface area contributed by atoms with Gasteiger partial charge in [0.1, 0.15) is 24.0 Å². The van der Waals surface area contributed by atoms with Crippen LogP contribution >= 0.6 is 34.8 Å². The third-order valence-corrected chi connectivity index (χ3v) is 5.86. The maximum Gasteiger partial charge on any atom is 0.412 e. The first-order chi connectivity index (χ1) is 15.5. The summed E-state index contributed by atoms with van der Waals surface area (Å²) in [6.45, 7) is 9.38. The van der Waals surface area contributed by atoms with Gasteiger partial charge in [-0.3, -0.25) is 9.80 Å². The SMILES string of the molecule is CCOC(=O)[C@H]1C[C@H](CO)[C@H]([C@H]2COC(C)(C)N2C(=O)OC(C)(C)C)N1C(=O)OCC(Cl)(Cl)Cl. The molecule has 0 aromatic heterocycles. The van der Waals surface area contributed by atoms with Crippen molar-refractivity contribution in [2.75, 3.05) is 26.4 Å². The van der Waals surface area contributed by atoms with Crippen LogP contribution in [-0.2, 0) is 23.7 Å². The van der Waals surface area contributed by atoms with Gasteiger partial charge < -0.3 is 24.1 Å². The van der Waals surface area contributed by atoms with Gasteiger partial charge in [-0.2, -0.15) is 0 Å². The minimum absolute atomic E-state index is 0.0250. The van der Waals surface area contributed by atoms with E-state index in [1.54, 1.807) is 41.5 Å². The molecule has 0 bridgehead atoms. The molecule has 13 heteroatoms. The van der Waals surface area contributed by atoms with E-state index < -0.39 is 63.9 Å². The number of hydrogen-bond acceptors (Lipinski definition) is 8. The molecule has 0 aliphatic carbocycles. The Morgan fingerprint density at radius 1 is 1.12 bits per heavy atom. The molecule has 0 spiro atoms. The standard InChI is InChI=1S/C21H33Cl3N2O8/c1-7-31-16(28)13-8-12(9-27)15(25(13)17(29)32-11-21(22,23)24)14-10-33-20(5,6)26(14)18(30)34-19(2,3)4/h12-15,27H,7-11H2,1-6H3/t12-,13-,14-,15-/m1/s1. The van der Waals surface area contributed by atoms with Crippen molar-refractivity contribution in [2.24, 2.45) is 5.92 Å². The van der Waals surface area contributed by atoms with Crippen LogP contribution in [0.25, 0.3) is 0 Å². The molecule has 2 aliphatic rings. The average molecular weight is 548 g/mol. The normalized spacial score (nSPS) is 27.0. The zero-order valence-corrected chi connectivity index (χ0v) is 22.4. The van der Waals surface area contributed by atoms with Crippen LogP contribution in [0.4, 0.5) is 9.59 Å². The average Bonchev–Trinajstić information content (AvgIpc) is 3.21. The molecule has 0 aromatic rings. The first-order valence-electron chi connectivity index (χ1n) is 11.0. The van der Waals surface area contributed by atoms with E-state index >= 15 is 0 Å². The zero-order valence-electron chi connectivity index (χ0n) is 20.2. The monoisotopic (exact) mass is 546 g/mol. The number of carbonyl (C=O) groups is 3. The van der Waals surface area contributed by atoms with Gasteiger partial charge in [0.15, 0.2) is 0 Å². The Morgan fingerprint density at radius 3 is 2.24 bits per heavy atom. The van der Waals surface area contributed by atoms with Crippen molar-refractivity contribution in [3.05, 3.63) is 0 Å². The van der Waals surface area contributed by atoms with Crippen LogP contribution in [0.15, 0.2) is 0 Å². The number of aliphatic hydroxyl groups is 1. The van der Waals surface area contributed by atoms with Crippen molar-refractivity contribution in [3.63, 3.8) is 0 Å². The number of carbonyl (C=O) groups excluding carboxylic acids is 3. The summed E-state index contributed by atoms with van der Waals surface area (Å²) in [4.78, 5) is 41.6. The van der Waals surface area contributed by atoms with Crippen molar-refractivity contribution in [2.45, 2.75) is 81.2 Å². The summed E-state index contributed by atoms with van der Waals surface area (Å²) in [5, 5.41) is 10.2. The van der Waals surface area contributed by atoms with E-state index in [4.69, 9.17) is 53.8 Å². The molecular formula is C21H33Cl3N2O8. The van der Waals surface area contributed by atoms with Crippen LogP contribution < -0.4 is 0 Å². The predicted molar refractivity (Wildman–Crippen MR) is 125 cm³/mol. The number of esters is 1. The zero-order chi connectivity index (χ0) is 26.1. The van der Waals surface area contributed by atoms with E-state index in [9.17, 15) is 19.5 Å². The van der Waals surface area contributed by atoms with Crippen LogP contribution in [0, 0.1) is 5.92 Å². The Morgan fingerprint density at radius 2 is 1.74 bits per heavy atom. The second kappa shape index (κ2) is 10.8. The summed E-state index contributed by atoms with van der Waals surface area (Å²) < 4.78 is 19.9. The summed E-state index contributed by atoms with van der Waals surface area (Å²) in [5.41, 5.74) is -1.87. The van der Waals surface area contributed by atoms with E-state index in [0.717, 1.165) is 4.90 Å². The highest BCUT2D eigenvalue weighted by Crippen LogP contribution is 2.41. The summed E-state index contributed by atoms with van der Waals surface area (Å²) in [6.07, 6.45) is -1.52. The van der Waals surface area contributed by atoms with Gasteiger partial charge in [0, 0.05) is 12.5 Å². The van der Waals surface area contributed by atoms with Crippen molar-refractivity contribution < 1.29 is 38.4 Å². The number of ether oxygens (including phenoxy) is 4. The fraction of sp³-hybridized carbons (Fsp3) is 0.857. The lowest BCUT2D eigenvalue weighted by Crippen LogP contribution is -2.59. The van der Waals surface area contributed by atoms with Crippen LogP contribution in [0.5, 0.6) is 0 Å². The van der Waals surface area contributed by atoms with E-state index in [2.05, 4.69) is 0 Å². The molecule has 0 aromatic carbocycles. The second-order valence-corrected chi connectivity index (χ2v) is 12.2. The number of hydrogen-bond donors (Lipinski definition) is 1. The fourth-order valence-corrected chi connectivity index (χ4v) is 4.49. The van der Waals surface area contributed by atoms with Gasteiger partial charge in [0.2, 0.25) is 3.79 Å². The maximum absolute atomic E-state index is 13.2. The molecule has 2 amide bonds. The number of nitrogens with zero attached hydrogens (tertiary/aromatic N) is 2. The summed E-state index contributed by atoms with van der Waals surface area (Å²) in [5.74, 6) is -1.27. The molecule has 0 saturated carbocycles. The van der Waals surface area contributed by atoms with Crippen LogP contribution in [0.2, 0.25) is 0 Å². The van der Waals surface area contributed by atoms with Gasteiger partial charge in [-0.25, -0.2) is 14.4 Å². The van der Waals surface area contributed by atoms with E-state index in [0.29, 0.717) is 0 Å². The molecule has 2 heterocycles. The van der Waals surface area contributed by atoms with Crippen LogP contribution in [0.3, 0.4) is 0 Å². The molecular weight excluding hydrogens is 515 g/mol. The minimum Gasteiger partial charge on any atom is -0.464 e. The molecule has 2 aliphatic heterocycles. The molecule has 0 unspecified atom stereocenters. The maximum atomic E-state index is 13.2. The summed E-state index contributed by atoms with van der Waals surface area (Å²) in [6, 6.07) is -2.70. The number of likely N-dealkylation sites (tertiary alicyclic amines) is 1. The Kier molecular flexibility index (Phi) is 9.24. The molecule has 196 valence electrons. The summed E-state index contributed by atoms with van der Waals surface area (Å²) >= 11 is 17.2. The Labute approximate surface area is 214 Å². The molecule has 2 saturated heterocycles. The molecule has 10 nitrogen and oxygen atoms in total. The molecule has 34 heavy (non-hydrogen) atoms. The molecule has 1 N–H and O–H groups in total. The van der Waals surface area contributed by atoms with E-state index in [1.165, 1.54) is 4.90 Å². The molecule has 2 fully saturated rings. The number of amides is 2. The smallest absolute Gasteiger partial charge is 0.412 e. The third-order valence-electron chi connectivity index (χ3n) is 5.53. The van der Waals surface area contributed by atoms with Gasteiger partial charge in [0.25, 0.3) is 0 Å². The topological polar surface area (TPSA) is 115 Å². The van der Waals surface area contributed by atoms with Gasteiger partial charge in [0.05, 0.1) is 25.3 Å². The lowest BCUT2D eigenvalue weighted by Gasteiger charge is -2.40. The first-order valence-corrected chi connectivity index (χ1v) is 12.1. The fourth-order valence-electron chi connectivity index (χ4n) is 4.32. The van der Waals surface area contributed by atoms with Gasteiger partial charge >= 0.3 is 18.2 Å². The Hall–Kier alpha value is -1.20. The van der Waals surface area contributed by atoms with Crippen molar-refractivity contribution in [1.29, 1.82) is 0 Å². The number of alkyl halides is 3. The van der Waals surface area contributed by atoms with E-state index in [1.807, 2.05) is 0 Å². The van der Waals surface area contributed by atoms with Gasteiger partial charge in [-0.05, 0) is 48.0 Å². The highest BCUT2D eigenvalue weighted by molar-refractivity contribution is 6.67. The van der Waals surface area contributed by atoms with E-state index in [-0.39, 0.29) is 26.2 Å². The highest BCUT2D eigenvalue weighted by Gasteiger charge is 2.58. The Balaban J connectivity index is 2.48. The summed E-state index contributed by atoms with van der Waals surface area (Å²) in [7, 11) is 0. The molecule has 2 rings (SSSR count). The van der Waals surface area contributed by atoms with Crippen LogP contribution in [0.1, 0.15) is 48.0 Å². The minimum atomic E-state index is -1.87. The Bertz CT molecular complexity index is 768. The third kappa shape index (κ3) is 6.94. The molecule has 0 radical (unpaired) electrons. The lowest BCUT2D eigenvalue weighted by atomic mass is 9.93. The van der Waals surface area contributed by atoms with Gasteiger partial charge in [-0.1, -0.05) is 34.8 Å². The first kappa shape index (κ1) is 29.0. The van der Waals surface area contributed by atoms with Crippen molar-refractivity contribution in [1.82, 2.24) is 9.80 Å². The van der Waals surface area contributed by atoms with Crippen molar-refractivity contribution in [3.8, 4) is 0 Å². The number of halogens is 3. The number of aliphatic hydroxyl groups excluding tert-OH is 1. The second-order valence-electron chi connectivity index (χ2n) is 9.69. The predicted octanol–water partition coefficient (Wildman–Crippen LogP) is 3.48. The van der Waals surface area contributed by atoms with Crippen LogP contribution in [-0.4, -0.2) is 92.7 Å². The number of rotatable bonds is 5. The van der Waals surface area contributed by atoms with Gasteiger partial charge in [-0.15, -0.1) is 0 Å². The highest BCUT2D eigenvalue weighted by atomic mass is 35.6. The van der Waals surface area contributed by atoms with Crippen molar-refractivity contribution >= 4 is 53.0 Å². The molecule has 4 atom stereocenters. The largest absolute Gasteiger partial charge is 0.464 e. The quantitative estimate of drug-likeness (QED) is 0.316. The lowest BCUT2D eigenvalue weighted by molar-refractivity contribution is -0.148.